The van der Waals surface area contributed by atoms with Gasteiger partial charge in [-0.15, -0.1) is 0 Å². The monoisotopic (exact) mass is 335 g/mol. The van der Waals surface area contributed by atoms with E-state index in [9.17, 15) is 4.79 Å². The highest BCUT2D eigenvalue weighted by Gasteiger charge is 2.18. The summed E-state index contributed by atoms with van der Waals surface area (Å²) in [5.41, 5.74) is 2.51. The van der Waals surface area contributed by atoms with Gasteiger partial charge in [-0.3, -0.25) is 9.89 Å². The maximum absolute atomic E-state index is 12.3. The number of benzene rings is 1. The number of hydrogen-bond acceptors (Lipinski definition) is 2. The first-order chi connectivity index (χ1) is 9.29. The minimum Gasteiger partial charge on any atom is -0.305 e. The highest BCUT2D eigenvalue weighted by Crippen LogP contribution is 2.23. The first kappa shape index (κ1) is 14.8. The number of carbonyl (C=O) groups excluding carboxylic acids is 1. The van der Waals surface area contributed by atoms with E-state index in [2.05, 4.69) is 52.2 Å². The summed E-state index contributed by atoms with van der Waals surface area (Å²) >= 11 is 3.43. The molecule has 0 radical (unpaired) electrons. The molecule has 0 unspecified atom stereocenters. The van der Waals surface area contributed by atoms with Gasteiger partial charge in [0.25, 0.3) is 5.91 Å². The number of rotatable bonds is 2. The lowest BCUT2D eigenvalue weighted by Crippen LogP contribution is -2.14. The van der Waals surface area contributed by atoms with E-state index in [1.807, 2.05) is 25.1 Å². The first-order valence-corrected chi connectivity index (χ1v) is 7.20. The van der Waals surface area contributed by atoms with Crippen molar-refractivity contribution in [1.29, 1.82) is 0 Å². The van der Waals surface area contributed by atoms with Gasteiger partial charge in [-0.2, -0.15) is 5.10 Å². The van der Waals surface area contributed by atoms with E-state index in [1.54, 1.807) is 6.07 Å². The fourth-order valence-corrected chi connectivity index (χ4v) is 2.17. The van der Waals surface area contributed by atoms with Crippen molar-refractivity contribution >= 4 is 27.7 Å². The summed E-state index contributed by atoms with van der Waals surface area (Å²) in [5.74, 6) is 0.384. The molecular formula is C15H18BrN3O. The minimum atomic E-state index is -0.157. The molecule has 0 aliphatic rings. The van der Waals surface area contributed by atoms with Crippen LogP contribution < -0.4 is 5.32 Å². The van der Waals surface area contributed by atoms with Gasteiger partial charge >= 0.3 is 0 Å². The standard InChI is InChI=1S/C15H18BrN3O/c1-9-10(6-5-7-11(9)16)14(20)17-13-8-12(18-19-13)15(2,3)4/h5-8H,1-4H3,(H2,17,18,19,20). The Morgan fingerprint density at radius 2 is 2.05 bits per heavy atom. The van der Waals surface area contributed by atoms with Crippen molar-refractivity contribution in [2.75, 3.05) is 5.32 Å². The van der Waals surface area contributed by atoms with Crippen LogP contribution in [0.4, 0.5) is 5.82 Å². The molecule has 106 valence electrons. The molecule has 1 amide bonds. The zero-order valence-electron chi connectivity index (χ0n) is 12.0. The van der Waals surface area contributed by atoms with Crippen molar-refractivity contribution in [1.82, 2.24) is 10.2 Å². The second-order valence-electron chi connectivity index (χ2n) is 5.78. The van der Waals surface area contributed by atoms with E-state index >= 15 is 0 Å². The molecule has 4 nitrogen and oxygen atoms in total. The van der Waals surface area contributed by atoms with E-state index in [0.717, 1.165) is 15.7 Å². The van der Waals surface area contributed by atoms with Crippen molar-refractivity contribution in [3.05, 3.63) is 45.6 Å². The van der Waals surface area contributed by atoms with Crippen molar-refractivity contribution in [2.45, 2.75) is 33.1 Å². The van der Waals surface area contributed by atoms with Crippen LogP contribution in [0.15, 0.2) is 28.7 Å². The third kappa shape index (κ3) is 3.10. The summed E-state index contributed by atoms with van der Waals surface area (Å²) < 4.78 is 0.919. The van der Waals surface area contributed by atoms with E-state index < -0.39 is 0 Å². The number of halogens is 1. The van der Waals surface area contributed by atoms with Crippen LogP contribution >= 0.6 is 15.9 Å². The highest BCUT2D eigenvalue weighted by molar-refractivity contribution is 9.10. The predicted octanol–water partition coefficient (Wildman–Crippen LogP) is 4.03. The summed E-state index contributed by atoms with van der Waals surface area (Å²) in [4.78, 5) is 12.3. The molecule has 1 aromatic carbocycles. The summed E-state index contributed by atoms with van der Waals surface area (Å²) in [7, 11) is 0. The molecule has 0 spiro atoms. The quantitative estimate of drug-likeness (QED) is 0.870. The van der Waals surface area contributed by atoms with E-state index in [1.165, 1.54) is 0 Å². The van der Waals surface area contributed by atoms with Crippen molar-refractivity contribution in [2.24, 2.45) is 0 Å². The second-order valence-corrected chi connectivity index (χ2v) is 6.64. The number of aromatic amines is 1. The second kappa shape index (κ2) is 5.40. The summed E-state index contributed by atoms with van der Waals surface area (Å²) in [5, 5.41) is 9.90. The van der Waals surface area contributed by atoms with Crippen LogP contribution in [0, 0.1) is 6.92 Å². The number of nitrogens with zero attached hydrogens (tertiary/aromatic N) is 1. The van der Waals surface area contributed by atoms with E-state index in [4.69, 9.17) is 0 Å². The van der Waals surface area contributed by atoms with Crippen molar-refractivity contribution in [3.8, 4) is 0 Å². The number of hydrogen-bond donors (Lipinski definition) is 2. The maximum Gasteiger partial charge on any atom is 0.257 e. The Kier molecular flexibility index (Phi) is 3.99. The Balaban J connectivity index is 2.20. The molecule has 2 aromatic rings. The van der Waals surface area contributed by atoms with Gasteiger partial charge in [0.2, 0.25) is 0 Å². The van der Waals surface area contributed by atoms with Gasteiger partial charge < -0.3 is 5.32 Å². The number of aromatic nitrogens is 2. The number of H-pyrrole nitrogens is 1. The number of amides is 1. The van der Waals surface area contributed by atoms with Gasteiger partial charge in [0, 0.05) is 27.2 Å². The van der Waals surface area contributed by atoms with Gasteiger partial charge in [-0.1, -0.05) is 42.8 Å². The molecule has 0 aliphatic carbocycles. The van der Waals surface area contributed by atoms with Gasteiger partial charge in [0.15, 0.2) is 5.82 Å². The van der Waals surface area contributed by atoms with Crippen LogP contribution in [0.5, 0.6) is 0 Å². The lowest BCUT2D eigenvalue weighted by Gasteiger charge is -2.14. The molecule has 2 rings (SSSR count). The Hall–Kier alpha value is -1.62. The molecule has 1 heterocycles. The van der Waals surface area contributed by atoms with Crippen LogP contribution in [0.3, 0.4) is 0 Å². The Bertz CT molecular complexity index is 641. The predicted molar refractivity (Wildman–Crippen MR) is 84.1 cm³/mol. The van der Waals surface area contributed by atoms with Crippen LogP contribution in [-0.2, 0) is 5.41 Å². The zero-order valence-corrected chi connectivity index (χ0v) is 13.6. The van der Waals surface area contributed by atoms with Gasteiger partial charge in [-0.25, -0.2) is 0 Å². The Labute approximate surface area is 127 Å². The molecule has 0 saturated carbocycles. The molecule has 2 N–H and O–H groups in total. The van der Waals surface area contributed by atoms with Crippen molar-refractivity contribution in [3.63, 3.8) is 0 Å². The molecule has 20 heavy (non-hydrogen) atoms. The first-order valence-electron chi connectivity index (χ1n) is 6.41. The molecule has 5 heteroatoms. The molecule has 1 aromatic heterocycles. The third-order valence-electron chi connectivity index (χ3n) is 3.14. The fourth-order valence-electron chi connectivity index (χ4n) is 1.81. The lowest BCUT2D eigenvalue weighted by atomic mass is 9.92. The van der Waals surface area contributed by atoms with Gasteiger partial charge in [0.1, 0.15) is 0 Å². The van der Waals surface area contributed by atoms with Crippen LogP contribution in [0.2, 0.25) is 0 Å². The maximum atomic E-state index is 12.3. The molecule has 0 bridgehead atoms. The Morgan fingerprint density at radius 1 is 1.35 bits per heavy atom. The smallest absolute Gasteiger partial charge is 0.257 e. The van der Waals surface area contributed by atoms with E-state index in [0.29, 0.717) is 11.4 Å². The van der Waals surface area contributed by atoms with Gasteiger partial charge in [-0.05, 0) is 24.6 Å². The summed E-state index contributed by atoms with van der Waals surface area (Å²) in [6.07, 6.45) is 0. The average molecular weight is 336 g/mol. The number of carbonyl (C=O) groups is 1. The third-order valence-corrected chi connectivity index (χ3v) is 4.00. The summed E-state index contributed by atoms with van der Waals surface area (Å²) in [6, 6.07) is 7.42. The lowest BCUT2D eigenvalue weighted by molar-refractivity contribution is 0.102. The van der Waals surface area contributed by atoms with E-state index in [-0.39, 0.29) is 11.3 Å². The zero-order chi connectivity index (χ0) is 14.9. The fraction of sp³-hybridized carbons (Fsp3) is 0.333. The largest absolute Gasteiger partial charge is 0.305 e. The summed E-state index contributed by atoms with van der Waals surface area (Å²) in [6.45, 7) is 8.17. The van der Waals surface area contributed by atoms with Crippen molar-refractivity contribution < 1.29 is 4.79 Å². The van der Waals surface area contributed by atoms with Gasteiger partial charge in [0.05, 0.1) is 0 Å². The minimum absolute atomic E-state index is 0.0261. The SMILES string of the molecule is Cc1c(Br)cccc1C(=O)Nc1cc(C(C)(C)C)[nH]n1. The number of nitrogens with one attached hydrogen (secondary N) is 2. The molecule has 0 aliphatic heterocycles. The highest BCUT2D eigenvalue weighted by atomic mass is 79.9. The van der Waals surface area contributed by atoms with Crippen LogP contribution in [-0.4, -0.2) is 16.1 Å². The Morgan fingerprint density at radius 3 is 2.65 bits per heavy atom. The molecular weight excluding hydrogens is 318 g/mol. The van der Waals surface area contributed by atoms with Crippen LogP contribution in [0.1, 0.15) is 42.4 Å². The average Bonchev–Trinajstić information content (AvgIpc) is 2.81. The molecule has 0 fully saturated rings. The normalized spacial score (nSPS) is 11.4. The number of anilines is 1. The van der Waals surface area contributed by atoms with Crippen LogP contribution in [0.25, 0.3) is 0 Å². The molecule has 0 atom stereocenters. The topological polar surface area (TPSA) is 57.8 Å². The molecule has 0 saturated heterocycles.